The van der Waals surface area contributed by atoms with Gasteiger partial charge in [-0.05, 0) is 19.8 Å². The molecule has 1 unspecified atom stereocenters. The molecular weight excluding hydrogens is 492 g/mol. The van der Waals surface area contributed by atoms with Gasteiger partial charge in [-0.1, -0.05) is 37.6 Å². The Balaban J connectivity index is 1.52. The van der Waals surface area contributed by atoms with E-state index < -0.39 is 42.1 Å². The lowest BCUT2D eigenvalue weighted by atomic mass is 10.0. The molecule has 1 aliphatic carbocycles. The Hall–Kier alpha value is -2.92. The monoisotopic (exact) mass is 524 g/mol. The van der Waals surface area contributed by atoms with E-state index in [1.54, 1.807) is 26.8 Å². The lowest BCUT2D eigenvalue weighted by molar-refractivity contribution is -0.164. The number of hydrogen-bond acceptors (Lipinski definition) is 7. The number of rotatable bonds is 9. The van der Waals surface area contributed by atoms with Crippen molar-refractivity contribution in [2.24, 2.45) is 5.92 Å². The number of halogens is 1. The molecule has 2 fully saturated rings. The zero-order valence-electron chi connectivity index (χ0n) is 20.7. The molecule has 2 saturated heterocycles. The molecular formula is C24H33ClN4O7. The van der Waals surface area contributed by atoms with E-state index in [1.165, 1.54) is 11.0 Å². The number of carbonyl (C=O) groups excluding carboxylic acids is 5. The minimum Gasteiger partial charge on any atom is -0.433 e. The van der Waals surface area contributed by atoms with Crippen molar-refractivity contribution in [3.05, 3.63) is 22.8 Å². The lowest BCUT2D eigenvalue weighted by Gasteiger charge is -2.26. The van der Waals surface area contributed by atoms with Crippen molar-refractivity contribution in [3.63, 3.8) is 0 Å². The van der Waals surface area contributed by atoms with Gasteiger partial charge in [0.1, 0.15) is 12.1 Å². The maximum Gasteiger partial charge on any atom is 0.310 e. The van der Waals surface area contributed by atoms with Crippen LogP contribution in [-0.4, -0.2) is 78.6 Å². The number of carbonyl (C=O) groups is 5. The number of likely N-dealkylation sites (tertiary alicyclic amines) is 1. The Morgan fingerprint density at radius 3 is 2.64 bits per heavy atom. The van der Waals surface area contributed by atoms with Crippen molar-refractivity contribution in [2.45, 2.75) is 70.9 Å². The first-order chi connectivity index (χ1) is 17.1. The fourth-order valence-corrected chi connectivity index (χ4v) is 4.57. The molecule has 3 N–H and O–H groups in total. The van der Waals surface area contributed by atoms with E-state index in [9.17, 15) is 24.0 Å². The fourth-order valence-electron chi connectivity index (χ4n) is 4.26. The molecule has 2 heterocycles. The summed E-state index contributed by atoms with van der Waals surface area (Å²) >= 11 is 6.29. The number of cyclic esters (lactones) is 1. The van der Waals surface area contributed by atoms with E-state index in [4.69, 9.17) is 21.1 Å². The SMILES string of the molecule is CCO[C@@H]1OC(=O)C[C@@H]1NC(=O)[C@@H]1CCCN1C(=O)CNC(=O)C1=C(Cl)CC(NC(=O)C(C)C)C=C1. The van der Waals surface area contributed by atoms with Gasteiger partial charge in [-0.25, -0.2) is 0 Å². The average Bonchev–Trinajstić information content (AvgIpc) is 3.44. The molecule has 36 heavy (non-hydrogen) atoms. The fraction of sp³-hybridized carbons (Fsp3) is 0.625. The van der Waals surface area contributed by atoms with Crippen molar-refractivity contribution in [1.29, 1.82) is 0 Å². The van der Waals surface area contributed by atoms with Crippen LogP contribution in [0.15, 0.2) is 22.8 Å². The van der Waals surface area contributed by atoms with Crippen molar-refractivity contribution in [2.75, 3.05) is 19.7 Å². The van der Waals surface area contributed by atoms with Gasteiger partial charge in [0.05, 0.1) is 24.6 Å². The number of ether oxygens (including phenoxy) is 2. The van der Waals surface area contributed by atoms with Crippen LogP contribution in [0.1, 0.15) is 46.5 Å². The van der Waals surface area contributed by atoms with Crippen LogP contribution < -0.4 is 16.0 Å². The van der Waals surface area contributed by atoms with Crippen LogP contribution in [-0.2, 0) is 33.4 Å². The minimum absolute atomic E-state index is 0.00146. The summed E-state index contributed by atoms with van der Waals surface area (Å²) in [6, 6.07) is -1.64. The van der Waals surface area contributed by atoms with Crippen LogP contribution in [0.25, 0.3) is 0 Å². The van der Waals surface area contributed by atoms with Crippen LogP contribution in [0.3, 0.4) is 0 Å². The molecule has 0 saturated carbocycles. The van der Waals surface area contributed by atoms with Gasteiger partial charge < -0.3 is 30.3 Å². The number of amides is 4. The minimum atomic E-state index is -0.851. The number of hydrogen-bond donors (Lipinski definition) is 3. The van der Waals surface area contributed by atoms with Gasteiger partial charge in [-0.3, -0.25) is 24.0 Å². The van der Waals surface area contributed by atoms with E-state index in [0.29, 0.717) is 26.0 Å². The van der Waals surface area contributed by atoms with Crippen LogP contribution in [0, 0.1) is 5.92 Å². The summed E-state index contributed by atoms with van der Waals surface area (Å²) in [6.07, 6.45) is 3.75. The third-order valence-electron chi connectivity index (χ3n) is 6.18. The molecule has 3 rings (SSSR count). The number of nitrogens with zero attached hydrogens (tertiary/aromatic N) is 1. The molecule has 0 spiro atoms. The molecule has 0 bridgehead atoms. The highest BCUT2D eigenvalue weighted by Gasteiger charge is 2.40. The van der Waals surface area contributed by atoms with Gasteiger partial charge in [-0.2, -0.15) is 0 Å². The summed E-state index contributed by atoms with van der Waals surface area (Å²) in [5.41, 5.74) is 0.225. The molecule has 12 heteroatoms. The van der Waals surface area contributed by atoms with Gasteiger partial charge in [0.2, 0.25) is 24.0 Å². The Morgan fingerprint density at radius 2 is 1.97 bits per heavy atom. The van der Waals surface area contributed by atoms with Gasteiger partial charge in [-0.15, -0.1) is 0 Å². The normalized spacial score (nSPS) is 25.7. The first-order valence-electron chi connectivity index (χ1n) is 12.2. The largest absolute Gasteiger partial charge is 0.433 e. The summed E-state index contributed by atoms with van der Waals surface area (Å²) < 4.78 is 10.4. The van der Waals surface area contributed by atoms with Crippen LogP contribution >= 0.6 is 11.6 Å². The highest BCUT2D eigenvalue weighted by molar-refractivity contribution is 6.32. The Morgan fingerprint density at radius 1 is 1.22 bits per heavy atom. The molecule has 198 valence electrons. The topological polar surface area (TPSA) is 143 Å². The molecule has 11 nitrogen and oxygen atoms in total. The Labute approximate surface area is 214 Å². The number of esters is 1. The average molecular weight is 525 g/mol. The predicted molar refractivity (Wildman–Crippen MR) is 129 cm³/mol. The second-order valence-corrected chi connectivity index (χ2v) is 9.67. The van der Waals surface area contributed by atoms with Crippen molar-refractivity contribution in [3.8, 4) is 0 Å². The summed E-state index contributed by atoms with van der Waals surface area (Å²) in [5, 5.41) is 8.45. The van der Waals surface area contributed by atoms with E-state index in [0.717, 1.165) is 0 Å². The molecule has 0 radical (unpaired) electrons. The maximum absolute atomic E-state index is 12.9. The first-order valence-corrected chi connectivity index (χ1v) is 12.5. The van der Waals surface area contributed by atoms with Gasteiger partial charge in [0.15, 0.2) is 0 Å². The quantitative estimate of drug-likeness (QED) is 0.372. The molecule has 0 aromatic heterocycles. The Bertz CT molecular complexity index is 964. The van der Waals surface area contributed by atoms with E-state index in [1.807, 2.05) is 0 Å². The van der Waals surface area contributed by atoms with Crippen LogP contribution in [0.5, 0.6) is 0 Å². The summed E-state index contributed by atoms with van der Waals surface area (Å²) in [7, 11) is 0. The van der Waals surface area contributed by atoms with Crippen molar-refractivity contribution in [1.82, 2.24) is 20.9 Å². The molecule has 2 aliphatic heterocycles. The first kappa shape index (κ1) is 27.7. The smallest absolute Gasteiger partial charge is 0.310 e. The zero-order chi connectivity index (χ0) is 26.4. The molecule has 4 atom stereocenters. The van der Waals surface area contributed by atoms with Gasteiger partial charge in [0.25, 0.3) is 5.91 Å². The second kappa shape index (κ2) is 12.4. The standard InChI is InChI=1S/C24H33ClN4O7/c1-4-35-24-17(11-20(31)36-24)28-23(34)18-6-5-9-29(18)19(30)12-26-22(33)15-8-7-14(10-16(15)25)27-21(32)13(2)3/h7-8,13-14,17-18,24H,4-6,9-12H2,1-3H3,(H,26,33)(H,27,32)(H,28,34)/t14?,17-,18-,24+/m0/s1. The van der Waals surface area contributed by atoms with Crippen molar-refractivity contribution < 1.29 is 33.4 Å². The zero-order valence-corrected chi connectivity index (χ0v) is 21.4. The van der Waals surface area contributed by atoms with Gasteiger partial charge in [0, 0.05) is 30.5 Å². The van der Waals surface area contributed by atoms with E-state index in [2.05, 4.69) is 16.0 Å². The summed E-state index contributed by atoms with van der Waals surface area (Å²) in [5.74, 6) is -2.06. The van der Waals surface area contributed by atoms with Crippen molar-refractivity contribution >= 4 is 41.2 Å². The Kier molecular flexibility index (Phi) is 9.49. The van der Waals surface area contributed by atoms with E-state index >= 15 is 0 Å². The summed E-state index contributed by atoms with van der Waals surface area (Å²) in [4.78, 5) is 63.3. The van der Waals surface area contributed by atoms with Crippen LogP contribution in [0.4, 0.5) is 0 Å². The van der Waals surface area contributed by atoms with Gasteiger partial charge >= 0.3 is 5.97 Å². The third kappa shape index (κ3) is 6.85. The predicted octanol–water partition coefficient (Wildman–Crippen LogP) is 0.482. The molecule has 4 amide bonds. The summed E-state index contributed by atoms with van der Waals surface area (Å²) in [6.45, 7) is 5.72. The molecule has 0 aromatic rings. The lowest BCUT2D eigenvalue weighted by Crippen LogP contribution is -2.52. The van der Waals surface area contributed by atoms with Crippen LogP contribution in [0.2, 0.25) is 0 Å². The highest BCUT2D eigenvalue weighted by Crippen LogP contribution is 2.24. The van der Waals surface area contributed by atoms with E-state index in [-0.39, 0.29) is 47.9 Å². The number of nitrogens with one attached hydrogen (secondary N) is 3. The molecule has 0 aromatic carbocycles. The molecule has 3 aliphatic rings. The maximum atomic E-state index is 12.9. The second-order valence-electron chi connectivity index (χ2n) is 9.21. The highest BCUT2D eigenvalue weighted by atomic mass is 35.5. The third-order valence-corrected chi connectivity index (χ3v) is 6.54.